The molecule has 1 saturated heterocycles. The van der Waals surface area contributed by atoms with E-state index in [0.29, 0.717) is 12.1 Å². The molecule has 0 bridgehead atoms. The van der Waals surface area contributed by atoms with Crippen LogP contribution in [0.1, 0.15) is 58.3 Å². The summed E-state index contributed by atoms with van der Waals surface area (Å²) in [6, 6.07) is 1.46. The van der Waals surface area contributed by atoms with Gasteiger partial charge in [0.15, 0.2) is 0 Å². The number of ether oxygens (including phenoxy) is 1. The first-order valence-electron chi connectivity index (χ1n) is 8.38. The molecule has 0 aromatic carbocycles. The lowest BCUT2D eigenvalue weighted by molar-refractivity contribution is -0.00310. The fourth-order valence-corrected chi connectivity index (χ4v) is 3.85. The van der Waals surface area contributed by atoms with E-state index in [1.54, 1.807) is 0 Å². The summed E-state index contributed by atoms with van der Waals surface area (Å²) >= 11 is 0. The molecule has 2 rings (SSSR count). The Hall–Kier alpha value is -0.120. The molecule has 112 valence electrons. The van der Waals surface area contributed by atoms with Crippen LogP contribution in [0.3, 0.4) is 0 Å². The van der Waals surface area contributed by atoms with Crippen LogP contribution in [0.4, 0.5) is 0 Å². The van der Waals surface area contributed by atoms with Crippen molar-refractivity contribution in [3.05, 3.63) is 0 Å². The lowest BCUT2D eigenvalue weighted by Crippen LogP contribution is -2.52. The second kappa shape index (κ2) is 8.23. The molecule has 1 N–H and O–H groups in total. The van der Waals surface area contributed by atoms with Gasteiger partial charge in [0.2, 0.25) is 0 Å². The van der Waals surface area contributed by atoms with Crippen LogP contribution in [0, 0.1) is 0 Å². The summed E-state index contributed by atoms with van der Waals surface area (Å²) in [7, 11) is 2.15. The minimum atomic E-state index is 0.517. The van der Waals surface area contributed by atoms with Crippen LogP contribution < -0.4 is 5.32 Å². The van der Waals surface area contributed by atoms with Crippen molar-refractivity contribution in [2.75, 3.05) is 26.7 Å². The maximum Gasteiger partial charge on any atom is 0.0599 e. The van der Waals surface area contributed by atoms with Gasteiger partial charge in [-0.05, 0) is 39.7 Å². The van der Waals surface area contributed by atoms with Crippen LogP contribution >= 0.6 is 0 Å². The first-order chi connectivity index (χ1) is 9.35. The number of hydrogen-bond acceptors (Lipinski definition) is 3. The molecule has 1 saturated carbocycles. The highest BCUT2D eigenvalue weighted by atomic mass is 16.5. The van der Waals surface area contributed by atoms with Crippen molar-refractivity contribution < 1.29 is 4.74 Å². The highest BCUT2D eigenvalue weighted by Gasteiger charge is 2.30. The molecule has 2 atom stereocenters. The average molecular weight is 268 g/mol. The number of likely N-dealkylation sites (N-methyl/N-ethyl adjacent to an activating group) is 1. The fourth-order valence-electron chi connectivity index (χ4n) is 3.85. The smallest absolute Gasteiger partial charge is 0.0599 e. The Labute approximate surface area is 119 Å². The lowest BCUT2D eigenvalue weighted by Gasteiger charge is -2.42. The highest BCUT2D eigenvalue weighted by molar-refractivity contribution is 4.88. The van der Waals surface area contributed by atoms with E-state index in [4.69, 9.17) is 4.74 Å². The molecule has 2 aliphatic rings. The standard InChI is InChI=1S/C16H32N2O/c1-3-19-14-10-12-18(13-11-14)16-9-7-5-4-6-8-15(16)17-2/h14-17H,3-13H2,1-2H3. The van der Waals surface area contributed by atoms with Crippen molar-refractivity contribution in [1.82, 2.24) is 10.2 Å². The summed E-state index contributed by atoms with van der Waals surface area (Å²) < 4.78 is 5.77. The van der Waals surface area contributed by atoms with Crippen molar-refractivity contribution in [1.29, 1.82) is 0 Å². The molecule has 0 aromatic rings. The summed E-state index contributed by atoms with van der Waals surface area (Å²) in [5.74, 6) is 0. The maximum atomic E-state index is 5.77. The van der Waals surface area contributed by atoms with Gasteiger partial charge in [0.05, 0.1) is 6.10 Å². The summed E-state index contributed by atoms with van der Waals surface area (Å²) in [6.07, 6.45) is 11.4. The normalized spacial score (nSPS) is 31.9. The number of rotatable bonds is 4. The van der Waals surface area contributed by atoms with Crippen LogP contribution in [-0.4, -0.2) is 49.8 Å². The number of nitrogens with one attached hydrogen (secondary N) is 1. The van der Waals surface area contributed by atoms with E-state index in [1.165, 1.54) is 64.5 Å². The summed E-state index contributed by atoms with van der Waals surface area (Å²) in [6.45, 7) is 5.44. The number of nitrogens with zero attached hydrogens (tertiary/aromatic N) is 1. The van der Waals surface area contributed by atoms with Crippen LogP contribution in [0.25, 0.3) is 0 Å². The second-order valence-electron chi connectivity index (χ2n) is 6.14. The van der Waals surface area contributed by atoms with E-state index >= 15 is 0 Å². The third kappa shape index (κ3) is 4.44. The van der Waals surface area contributed by atoms with Gasteiger partial charge < -0.3 is 10.1 Å². The zero-order chi connectivity index (χ0) is 13.5. The largest absolute Gasteiger partial charge is 0.378 e. The molecule has 3 nitrogen and oxygen atoms in total. The van der Waals surface area contributed by atoms with Crippen LogP contribution in [0.2, 0.25) is 0 Å². The molecule has 0 spiro atoms. The lowest BCUT2D eigenvalue weighted by atomic mass is 9.90. The zero-order valence-electron chi connectivity index (χ0n) is 12.9. The molecule has 0 radical (unpaired) electrons. The topological polar surface area (TPSA) is 24.5 Å². The Morgan fingerprint density at radius 2 is 1.68 bits per heavy atom. The summed E-state index contributed by atoms with van der Waals surface area (Å²) in [5.41, 5.74) is 0. The first kappa shape index (κ1) is 15.3. The maximum absolute atomic E-state index is 5.77. The number of hydrogen-bond donors (Lipinski definition) is 1. The first-order valence-corrected chi connectivity index (χ1v) is 8.38. The molecule has 19 heavy (non-hydrogen) atoms. The van der Waals surface area contributed by atoms with Crippen molar-refractivity contribution in [3.63, 3.8) is 0 Å². The Morgan fingerprint density at radius 1 is 1.00 bits per heavy atom. The van der Waals surface area contributed by atoms with Crippen molar-refractivity contribution in [2.45, 2.75) is 76.5 Å². The summed E-state index contributed by atoms with van der Waals surface area (Å²) in [4.78, 5) is 2.74. The van der Waals surface area contributed by atoms with Crippen LogP contribution in [0.15, 0.2) is 0 Å². The molecular weight excluding hydrogens is 236 g/mol. The third-order valence-electron chi connectivity index (χ3n) is 4.95. The number of piperidine rings is 1. The van der Waals surface area contributed by atoms with Gasteiger partial charge in [0.1, 0.15) is 0 Å². The molecule has 2 unspecified atom stereocenters. The Balaban J connectivity index is 1.87. The highest BCUT2D eigenvalue weighted by Crippen LogP contribution is 2.25. The van der Waals surface area contributed by atoms with Gasteiger partial charge in [-0.3, -0.25) is 4.90 Å². The fraction of sp³-hybridized carbons (Fsp3) is 1.00. The van der Waals surface area contributed by atoms with E-state index in [2.05, 4.69) is 24.2 Å². The van der Waals surface area contributed by atoms with Gasteiger partial charge >= 0.3 is 0 Å². The minimum Gasteiger partial charge on any atom is -0.378 e. The molecule has 1 aliphatic heterocycles. The molecule has 3 heteroatoms. The zero-order valence-corrected chi connectivity index (χ0v) is 12.9. The Kier molecular flexibility index (Phi) is 6.62. The molecular formula is C16H32N2O. The van der Waals surface area contributed by atoms with Gasteiger partial charge in [-0.25, -0.2) is 0 Å². The van der Waals surface area contributed by atoms with Crippen molar-refractivity contribution >= 4 is 0 Å². The Bertz CT molecular complexity index is 239. The van der Waals surface area contributed by atoms with Gasteiger partial charge in [-0.15, -0.1) is 0 Å². The Morgan fingerprint density at radius 3 is 2.32 bits per heavy atom. The van der Waals surface area contributed by atoms with E-state index in [9.17, 15) is 0 Å². The molecule has 0 aromatic heterocycles. The van der Waals surface area contributed by atoms with E-state index < -0.39 is 0 Å². The molecule has 1 aliphatic carbocycles. The second-order valence-corrected chi connectivity index (χ2v) is 6.14. The van der Waals surface area contributed by atoms with Crippen LogP contribution in [-0.2, 0) is 4.74 Å². The van der Waals surface area contributed by atoms with Gasteiger partial charge in [0, 0.05) is 31.8 Å². The van der Waals surface area contributed by atoms with Gasteiger partial charge in [0.25, 0.3) is 0 Å². The van der Waals surface area contributed by atoms with Crippen molar-refractivity contribution in [3.8, 4) is 0 Å². The quantitative estimate of drug-likeness (QED) is 0.848. The monoisotopic (exact) mass is 268 g/mol. The predicted molar refractivity (Wildman–Crippen MR) is 80.6 cm³/mol. The number of likely N-dealkylation sites (tertiary alicyclic amines) is 1. The molecule has 0 amide bonds. The molecule has 1 heterocycles. The van der Waals surface area contributed by atoms with Crippen LogP contribution in [0.5, 0.6) is 0 Å². The average Bonchev–Trinajstić information content (AvgIpc) is 2.41. The minimum absolute atomic E-state index is 0.517. The van der Waals surface area contributed by atoms with E-state index in [1.807, 2.05) is 0 Å². The molecule has 2 fully saturated rings. The van der Waals surface area contributed by atoms with E-state index in [0.717, 1.165) is 12.6 Å². The summed E-state index contributed by atoms with van der Waals surface area (Å²) in [5, 5.41) is 3.58. The predicted octanol–water partition coefficient (Wildman–Crippen LogP) is 2.80. The van der Waals surface area contributed by atoms with E-state index in [-0.39, 0.29) is 0 Å². The third-order valence-corrected chi connectivity index (χ3v) is 4.95. The van der Waals surface area contributed by atoms with Gasteiger partial charge in [-0.1, -0.05) is 25.7 Å². The van der Waals surface area contributed by atoms with Crippen molar-refractivity contribution in [2.24, 2.45) is 0 Å². The SMILES string of the molecule is CCOC1CCN(C2CCCCCCC2NC)CC1. The van der Waals surface area contributed by atoms with Gasteiger partial charge in [-0.2, -0.15) is 0 Å².